The molecule has 5 atom stereocenters. The van der Waals surface area contributed by atoms with Gasteiger partial charge in [-0.15, -0.1) is 0 Å². The average molecular weight is 864 g/mol. The molecule has 0 heterocycles. The lowest BCUT2D eigenvalue weighted by atomic mass is 9.83. The van der Waals surface area contributed by atoms with Gasteiger partial charge in [0.2, 0.25) is 27.5 Å². The second-order valence-corrected chi connectivity index (χ2v) is 16.3. The minimum Gasteiger partial charge on any atom is -0.480 e. The van der Waals surface area contributed by atoms with E-state index in [1.165, 1.54) is 0 Å². The number of aliphatic hydroxyl groups is 1. The van der Waals surface area contributed by atoms with Crippen LogP contribution in [0.15, 0.2) is 72.8 Å². The predicted octanol–water partition coefficient (Wildman–Crippen LogP) is 4.10. The molecular weight excluding hydrogens is 804 g/mol. The van der Waals surface area contributed by atoms with Crippen molar-refractivity contribution >= 4 is 67.7 Å². The fourth-order valence-electron chi connectivity index (χ4n) is 8.23. The van der Waals surface area contributed by atoms with Gasteiger partial charge in [0.1, 0.15) is 31.3 Å². The highest BCUT2D eigenvalue weighted by atomic mass is 16.5. The predicted molar refractivity (Wildman–Crippen MR) is 239 cm³/mol. The van der Waals surface area contributed by atoms with Crippen LogP contribution in [0.4, 0.5) is 9.59 Å². The van der Waals surface area contributed by atoms with E-state index in [1.54, 1.807) is 12.1 Å². The van der Waals surface area contributed by atoms with E-state index >= 15 is 0 Å². The molecule has 2 fully saturated rings. The minimum atomic E-state index is -1.69. The maximum Gasteiger partial charge on any atom is 0.326 e. The van der Waals surface area contributed by atoms with Gasteiger partial charge in [0.05, 0.1) is 6.04 Å². The zero-order valence-electron chi connectivity index (χ0n) is 35.9. The van der Waals surface area contributed by atoms with Gasteiger partial charge in [0.15, 0.2) is 17.7 Å². The Morgan fingerprint density at radius 2 is 1.24 bits per heavy atom. The van der Waals surface area contributed by atoms with Crippen molar-refractivity contribution in [3.63, 3.8) is 0 Å². The number of carbonyl (C=O) groups excluding carboxylic acids is 6. The van der Waals surface area contributed by atoms with Crippen molar-refractivity contribution < 1.29 is 48.5 Å². The monoisotopic (exact) mass is 863 g/mol. The summed E-state index contributed by atoms with van der Waals surface area (Å²) in [7, 11) is 10.4. The Hall–Kier alpha value is -5.70. The van der Waals surface area contributed by atoms with Gasteiger partial charge < -0.3 is 41.5 Å². The maximum absolute atomic E-state index is 13.9. The maximum atomic E-state index is 13.9. The highest BCUT2D eigenvalue weighted by Gasteiger charge is 2.35. The third kappa shape index (κ3) is 16.8. The van der Waals surface area contributed by atoms with Crippen molar-refractivity contribution in [2.45, 2.75) is 127 Å². The molecule has 0 aromatic heterocycles. The minimum absolute atomic E-state index is 0.0352. The molecule has 0 saturated heterocycles. The second-order valence-electron chi connectivity index (χ2n) is 16.3. The van der Waals surface area contributed by atoms with Crippen LogP contribution in [0.5, 0.6) is 0 Å². The van der Waals surface area contributed by atoms with E-state index in [4.69, 9.17) is 25.5 Å². The van der Waals surface area contributed by atoms with Crippen LogP contribution in [0.25, 0.3) is 10.8 Å². The summed E-state index contributed by atoms with van der Waals surface area (Å²) >= 11 is 0. The number of amides is 5. The van der Waals surface area contributed by atoms with Crippen molar-refractivity contribution in [1.29, 1.82) is 0 Å². The van der Waals surface area contributed by atoms with Crippen LogP contribution in [0.3, 0.4) is 0 Å². The Bertz CT molecular complexity index is 1990. The zero-order valence-corrected chi connectivity index (χ0v) is 35.9. The summed E-state index contributed by atoms with van der Waals surface area (Å²) in [5.41, 5.74) is 1.56. The topological polar surface area (TPSA) is 229 Å². The molecule has 17 heteroatoms. The van der Waals surface area contributed by atoms with Crippen molar-refractivity contribution in [3.8, 4) is 0 Å². The molecule has 7 N–H and O–H groups in total. The van der Waals surface area contributed by atoms with E-state index in [2.05, 4.69) is 26.6 Å². The van der Waals surface area contributed by atoms with Crippen LogP contribution >= 0.6 is 0 Å². The summed E-state index contributed by atoms with van der Waals surface area (Å²) < 4.78 is 5.19. The van der Waals surface area contributed by atoms with E-state index < -0.39 is 78.1 Å². The van der Waals surface area contributed by atoms with Crippen LogP contribution in [0.2, 0.25) is 0 Å². The van der Waals surface area contributed by atoms with Crippen molar-refractivity contribution in [3.05, 3.63) is 83.9 Å². The van der Waals surface area contributed by atoms with Crippen molar-refractivity contribution in [2.24, 2.45) is 11.8 Å². The summed E-state index contributed by atoms with van der Waals surface area (Å²) in [5.74, 6) is -5.37. The van der Waals surface area contributed by atoms with E-state index in [9.17, 15) is 38.7 Å². The van der Waals surface area contributed by atoms with Gasteiger partial charge in [0, 0.05) is 6.42 Å². The molecule has 0 bridgehead atoms. The largest absolute Gasteiger partial charge is 0.480 e. The molecule has 0 spiro atoms. The Labute approximate surface area is 371 Å². The molecule has 3 aromatic rings. The number of nitrogens with one attached hydrogen (secondary N) is 5. The smallest absolute Gasteiger partial charge is 0.326 e. The highest BCUT2D eigenvalue weighted by molar-refractivity contribution is 6.57. The van der Waals surface area contributed by atoms with Crippen molar-refractivity contribution in [2.75, 3.05) is 6.54 Å². The highest BCUT2D eigenvalue weighted by Crippen LogP contribution is 2.28. The van der Waals surface area contributed by atoms with Gasteiger partial charge in [-0.2, -0.15) is 0 Å². The van der Waals surface area contributed by atoms with E-state index in [1.807, 2.05) is 67.6 Å². The molecule has 5 rings (SSSR count). The Morgan fingerprint density at radius 3 is 1.83 bits per heavy atom. The number of carboxylic acids is 1. The Kier molecular flexibility index (Phi) is 20.7. The average Bonchev–Trinajstić information content (AvgIpc) is 3.28. The molecule has 0 aliphatic heterocycles. The molecule has 334 valence electrons. The number of fused-ring (bicyclic) bond motifs is 1. The van der Waals surface area contributed by atoms with Crippen LogP contribution in [0.1, 0.15) is 95.1 Å². The number of hydrogen-bond donors (Lipinski definition) is 7. The number of aliphatic carboxylic acids is 1. The van der Waals surface area contributed by atoms with Gasteiger partial charge in [0.25, 0.3) is 5.91 Å². The first-order valence-electron chi connectivity index (χ1n) is 21.8. The Balaban J connectivity index is 0.000000528. The summed E-state index contributed by atoms with van der Waals surface area (Å²) in [6.07, 6.45) is 8.46. The summed E-state index contributed by atoms with van der Waals surface area (Å²) in [5, 5.41) is 34.7. The number of carboxylic acid groups (broad SMARTS) is 1. The molecular formula is C46H59B2N5O10. The summed E-state index contributed by atoms with van der Waals surface area (Å²) in [4.78, 5) is 86.2. The molecule has 3 aromatic carbocycles. The molecule has 15 nitrogen and oxygen atoms in total. The first-order valence-corrected chi connectivity index (χ1v) is 21.8. The summed E-state index contributed by atoms with van der Waals surface area (Å²) in [6.45, 7) is 1.41. The normalized spacial score (nSPS) is 16.6. The fourth-order valence-corrected chi connectivity index (χ4v) is 8.23. The lowest BCUT2D eigenvalue weighted by Crippen LogP contribution is -2.59. The number of carbonyl (C=O) groups is 7. The zero-order chi connectivity index (χ0) is 45.7. The second kappa shape index (κ2) is 26.0. The van der Waals surface area contributed by atoms with Crippen molar-refractivity contribution in [1.82, 2.24) is 26.6 Å². The van der Waals surface area contributed by atoms with Gasteiger partial charge in [-0.1, -0.05) is 125 Å². The van der Waals surface area contributed by atoms with Gasteiger partial charge in [-0.25, -0.2) is 4.79 Å². The third-order valence-electron chi connectivity index (χ3n) is 11.5. The summed E-state index contributed by atoms with van der Waals surface area (Å²) in [6, 6.07) is 18.7. The molecule has 2 aliphatic carbocycles. The van der Waals surface area contributed by atoms with Crippen LogP contribution in [-0.2, 0) is 41.7 Å². The molecule has 5 amide bonds. The van der Waals surface area contributed by atoms with Crippen LogP contribution in [-0.4, -0.2) is 104 Å². The number of hydrogen-bond acceptors (Lipinski definition) is 9. The first kappa shape index (κ1) is 50.0. The van der Waals surface area contributed by atoms with E-state index in [0.717, 1.165) is 86.1 Å². The molecule has 2 saturated carbocycles. The van der Waals surface area contributed by atoms with Gasteiger partial charge in [-0.05, 0) is 65.8 Å². The number of esters is 1. The van der Waals surface area contributed by atoms with Crippen LogP contribution < -0.4 is 26.6 Å². The number of aliphatic hydroxyl groups excluding tert-OH is 1. The SMILES string of the molecule is [B]C(=O)NC(C(=O)O)C1CCCCC1.[B]C(=O)N[C@H](C(=O)N[C@@H](Cc1ccc2ccccc2c1)C(=O)NC(CCC)C(O)C(=O)NCC(=O)OCc1ccccc1)C1CCCCC1. The lowest BCUT2D eigenvalue weighted by Gasteiger charge is -2.32. The van der Waals surface area contributed by atoms with Crippen LogP contribution in [0, 0.1) is 11.8 Å². The number of benzene rings is 3. The van der Waals surface area contributed by atoms with Gasteiger partial charge >= 0.3 is 11.9 Å². The number of ether oxygens (including phenoxy) is 1. The van der Waals surface area contributed by atoms with E-state index in [0.29, 0.717) is 6.42 Å². The fraction of sp³-hybridized carbons (Fsp3) is 0.500. The number of rotatable bonds is 19. The molecule has 63 heavy (non-hydrogen) atoms. The molecule has 4 radical (unpaired) electrons. The molecule has 3 unspecified atom stereocenters. The standard InChI is InChI=1S/C37H45BN4O7.C9H14BNO3/c1-2-11-29(33(44)36(47)39-22-31(43)49-23-24-12-5-3-6-13-24)40-34(45)30(21-25-18-19-26-14-9-10-17-28(26)20-25)41-35(46)32(42-37(38)48)27-15-7-4-8-16-27;10-9(14)11-7(8(12)13)6-4-2-1-3-5-6/h3,5-6,9-10,12-14,17-20,27,29-30,32-33,44H,2,4,7-8,11,15-16,21-23H2,1H3,(H,39,47)(H,40,45)(H,41,46)(H,42,48);6-7H,1-5H2,(H,11,14)(H,12,13)/t29?,30-,32-,33?;/m0./s1. The third-order valence-corrected chi connectivity index (χ3v) is 11.5. The van der Waals surface area contributed by atoms with E-state index in [-0.39, 0.29) is 31.3 Å². The molecule has 2 aliphatic rings. The van der Waals surface area contributed by atoms with Gasteiger partial charge in [-0.3, -0.25) is 28.8 Å². The quantitative estimate of drug-likeness (QED) is 0.0674. The first-order chi connectivity index (χ1) is 30.2. The Morgan fingerprint density at radius 1 is 0.667 bits per heavy atom. The lowest BCUT2D eigenvalue weighted by molar-refractivity contribution is -0.146.